The molecule has 0 saturated heterocycles. The van der Waals surface area contributed by atoms with Gasteiger partial charge < -0.3 is 5.32 Å². The number of nitrogens with two attached hydrogens (primary N) is 1. The van der Waals surface area contributed by atoms with Crippen LogP contribution in [0.1, 0.15) is 34.7 Å². The van der Waals surface area contributed by atoms with Gasteiger partial charge in [-0.2, -0.15) is 5.10 Å². The molecule has 3 aromatic carbocycles. The van der Waals surface area contributed by atoms with Crippen LogP contribution in [0, 0.1) is 6.92 Å². The maximum Gasteiger partial charge on any atom is 0.297 e. The third-order valence-electron chi connectivity index (χ3n) is 5.32. The maximum absolute atomic E-state index is 12.8. The number of quaternary nitrogens is 1. The first-order valence-corrected chi connectivity index (χ1v) is 10.1. The van der Waals surface area contributed by atoms with E-state index in [4.69, 9.17) is 0 Å². The third kappa shape index (κ3) is 4.61. The van der Waals surface area contributed by atoms with Gasteiger partial charge in [-0.15, -0.1) is 0 Å². The van der Waals surface area contributed by atoms with E-state index in [1.165, 1.54) is 16.7 Å². The normalized spacial score (nSPS) is 14.5. The lowest BCUT2D eigenvalue weighted by atomic mass is 9.98. The molecule has 3 aromatic rings. The Morgan fingerprint density at radius 3 is 2.24 bits per heavy atom. The minimum Gasteiger partial charge on any atom is -0.328 e. The molecule has 0 saturated carbocycles. The summed E-state index contributed by atoms with van der Waals surface area (Å²) in [5.41, 5.74) is 5.70. The van der Waals surface area contributed by atoms with Gasteiger partial charge in [0.2, 0.25) is 0 Å². The van der Waals surface area contributed by atoms with Crippen LogP contribution in [0.4, 0.5) is 0 Å². The number of nitrogens with zero attached hydrogens (tertiary/aromatic N) is 2. The van der Waals surface area contributed by atoms with Crippen molar-refractivity contribution in [1.82, 2.24) is 5.01 Å². The van der Waals surface area contributed by atoms with Gasteiger partial charge in [-0.05, 0) is 12.5 Å². The zero-order valence-electron chi connectivity index (χ0n) is 16.7. The third-order valence-corrected chi connectivity index (χ3v) is 5.32. The molecule has 0 unspecified atom stereocenters. The van der Waals surface area contributed by atoms with E-state index in [0.29, 0.717) is 13.1 Å². The van der Waals surface area contributed by atoms with E-state index < -0.39 is 0 Å². The molecule has 146 valence electrons. The van der Waals surface area contributed by atoms with Crippen molar-refractivity contribution in [3.63, 3.8) is 0 Å². The fraction of sp³-hybridized carbons (Fsp3) is 0.200. The quantitative estimate of drug-likeness (QED) is 0.697. The molecule has 1 atom stereocenters. The van der Waals surface area contributed by atoms with Crippen molar-refractivity contribution in [2.45, 2.75) is 19.4 Å². The van der Waals surface area contributed by atoms with E-state index in [1.807, 2.05) is 48.5 Å². The average Bonchev–Trinajstić information content (AvgIpc) is 3.27. The van der Waals surface area contributed by atoms with E-state index in [-0.39, 0.29) is 11.9 Å². The summed E-state index contributed by atoms with van der Waals surface area (Å²) in [4.78, 5) is 12.8. The van der Waals surface area contributed by atoms with Crippen LogP contribution >= 0.6 is 0 Å². The van der Waals surface area contributed by atoms with Gasteiger partial charge in [0.15, 0.2) is 6.54 Å². The lowest BCUT2D eigenvalue weighted by Crippen LogP contribution is -2.87. The highest BCUT2D eigenvalue weighted by Gasteiger charge is 2.25. The van der Waals surface area contributed by atoms with Crippen LogP contribution in [0.5, 0.6) is 0 Å². The molecule has 4 nitrogen and oxygen atoms in total. The number of hydrazone groups is 1. The van der Waals surface area contributed by atoms with E-state index in [1.54, 1.807) is 5.01 Å². The van der Waals surface area contributed by atoms with Crippen molar-refractivity contribution in [3.05, 3.63) is 107 Å². The van der Waals surface area contributed by atoms with E-state index in [9.17, 15) is 4.79 Å². The number of benzene rings is 3. The van der Waals surface area contributed by atoms with Gasteiger partial charge in [-0.3, -0.25) is 4.79 Å². The minimum absolute atomic E-state index is 0.0453. The van der Waals surface area contributed by atoms with Gasteiger partial charge in [0.05, 0.1) is 12.3 Å². The lowest BCUT2D eigenvalue weighted by molar-refractivity contribution is -0.677. The molecule has 1 heterocycles. The molecule has 4 heteroatoms. The number of hydrogen-bond acceptors (Lipinski definition) is 2. The molecule has 0 radical (unpaired) electrons. The van der Waals surface area contributed by atoms with Gasteiger partial charge >= 0.3 is 0 Å². The molecule has 0 fully saturated rings. The number of aryl methyl sites for hydroxylation is 1. The van der Waals surface area contributed by atoms with Crippen molar-refractivity contribution in [1.29, 1.82) is 0 Å². The minimum atomic E-state index is 0.0453. The first-order chi connectivity index (χ1) is 14.2. The second-order valence-electron chi connectivity index (χ2n) is 7.42. The zero-order valence-corrected chi connectivity index (χ0v) is 16.7. The molecule has 29 heavy (non-hydrogen) atoms. The molecule has 0 aromatic heterocycles. The molecular formula is C25H26N3O+. The number of hydrogen-bond donors (Lipinski definition) is 1. The Balaban J connectivity index is 1.47. The fourth-order valence-electron chi connectivity index (χ4n) is 3.69. The first-order valence-electron chi connectivity index (χ1n) is 10.1. The number of amides is 1. The maximum atomic E-state index is 12.8. The molecule has 2 N–H and O–H groups in total. The zero-order chi connectivity index (χ0) is 20.1. The van der Waals surface area contributed by atoms with Gasteiger partial charge in [0, 0.05) is 17.5 Å². The van der Waals surface area contributed by atoms with Gasteiger partial charge in [-0.1, -0.05) is 90.5 Å². The highest BCUT2D eigenvalue weighted by molar-refractivity contribution is 6.02. The predicted octanol–water partition coefficient (Wildman–Crippen LogP) is 3.28. The number of carbonyl (C=O) groups is 1. The Labute approximate surface area is 171 Å². The Bertz CT molecular complexity index is 982. The summed E-state index contributed by atoms with van der Waals surface area (Å²) in [6.45, 7) is 3.10. The average molecular weight is 385 g/mol. The largest absolute Gasteiger partial charge is 0.328 e. The standard InChI is InChI=1S/C25H25N3O/c1-19-12-14-22(15-13-19)25(21-10-6-3-7-11-21)26-18-24(29)28-17-16-23(27-28)20-8-4-2-5-9-20/h2-15,25-26H,16-18H2,1H3/p+1/t25-/m0/s1. The van der Waals surface area contributed by atoms with Crippen molar-refractivity contribution in [2.75, 3.05) is 13.1 Å². The number of rotatable bonds is 6. The Kier molecular flexibility index (Phi) is 5.82. The molecule has 1 aliphatic heterocycles. The fourth-order valence-corrected chi connectivity index (χ4v) is 3.69. The summed E-state index contributed by atoms with van der Waals surface area (Å²) in [5, 5.41) is 8.30. The van der Waals surface area contributed by atoms with Crippen LogP contribution in [0.25, 0.3) is 0 Å². The summed E-state index contributed by atoms with van der Waals surface area (Å²) in [6, 6.07) is 29.1. The van der Waals surface area contributed by atoms with Crippen LogP contribution in [-0.4, -0.2) is 29.7 Å². The molecule has 1 amide bonds. The van der Waals surface area contributed by atoms with Crippen LogP contribution in [0.15, 0.2) is 90.0 Å². The molecule has 0 spiro atoms. The van der Waals surface area contributed by atoms with E-state index in [0.717, 1.165) is 17.7 Å². The Morgan fingerprint density at radius 2 is 1.55 bits per heavy atom. The monoisotopic (exact) mass is 384 g/mol. The summed E-state index contributed by atoms with van der Waals surface area (Å²) >= 11 is 0. The number of carbonyl (C=O) groups excluding carboxylic acids is 1. The summed E-state index contributed by atoms with van der Waals surface area (Å²) in [6.07, 6.45) is 0.801. The molecular weight excluding hydrogens is 358 g/mol. The summed E-state index contributed by atoms with van der Waals surface area (Å²) in [5.74, 6) is 0.0453. The second-order valence-corrected chi connectivity index (χ2v) is 7.42. The summed E-state index contributed by atoms with van der Waals surface area (Å²) in [7, 11) is 0. The van der Waals surface area contributed by atoms with E-state index in [2.05, 4.69) is 53.7 Å². The summed E-state index contributed by atoms with van der Waals surface area (Å²) < 4.78 is 0. The van der Waals surface area contributed by atoms with Crippen molar-refractivity contribution in [2.24, 2.45) is 5.10 Å². The van der Waals surface area contributed by atoms with Gasteiger partial charge in [0.1, 0.15) is 6.04 Å². The molecule has 1 aliphatic rings. The SMILES string of the molecule is Cc1ccc([C@@H]([NH2+]CC(=O)N2CCC(c3ccccc3)=N2)c2ccccc2)cc1. The van der Waals surface area contributed by atoms with Gasteiger partial charge in [0.25, 0.3) is 5.91 Å². The topological polar surface area (TPSA) is 49.3 Å². The van der Waals surface area contributed by atoms with Crippen molar-refractivity contribution < 1.29 is 10.1 Å². The highest BCUT2D eigenvalue weighted by atomic mass is 16.2. The molecule has 0 aliphatic carbocycles. The van der Waals surface area contributed by atoms with Gasteiger partial charge in [-0.25, -0.2) is 5.01 Å². The Hall–Kier alpha value is -3.24. The first kappa shape index (κ1) is 19.1. The van der Waals surface area contributed by atoms with Crippen molar-refractivity contribution >= 4 is 11.6 Å². The van der Waals surface area contributed by atoms with Crippen LogP contribution < -0.4 is 5.32 Å². The Morgan fingerprint density at radius 1 is 0.931 bits per heavy atom. The van der Waals surface area contributed by atoms with E-state index >= 15 is 0 Å². The predicted molar refractivity (Wildman–Crippen MR) is 116 cm³/mol. The van der Waals surface area contributed by atoms with Crippen molar-refractivity contribution in [3.8, 4) is 0 Å². The second kappa shape index (κ2) is 8.84. The van der Waals surface area contributed by atoms with Crippen LogP contribution in [0.2, 0.25) is 0 Å². The van der Waals surface area contributed by atoms with Crippen LogP contribution in [-0.2, 0) is 4.79 Å². The smallest absolute Gasteiger partial charge is 0.297 e. The lowest BCUT2D eigenvalue weighted by Gasteiger charge is -2.18. The highest BCUT2D eigenvalue weighted by Crippen LogP contribution is 2.19. The van der Waals surface area contributed by atoms with Crippen LogP contribution in [0.3, 0.4) is 0 Å². The molecule has 0 bridgehead atoms. The molecule has 4 rings (SSSR count).